The summed E-state index contributed by atoms with van der Waals surface area (Å²) in [6, 6.07) is -1.23. The van der Waals surface area contributed by atoms with Gasteiger partial charge in [-0.25, -0.2) is 4.79 Å². The molecule has 20 heteroatoms. The average Bonchev–Trinajstić information content (AvgIpc) is 1.84. The van der Waals surface area contributed by atoms with Gasteiger partial charge in [-0.15, -0.1) is 0 Å². The van der Waals surface area contributed by atoms with E-state index >= 15 is 0 Å². The van der Waals surface area contributed by atoms with Crippen molar-refractivity contribution in [2.45, 2.75) is 233 Å². The highest BCUT2D eigenvalue weighted by atomic mass is 16.7. The Hall–Kier alpha value is -4.51. The molecule has 0 unspecified atom stereocenters. The van der Waals surface area contributed by atoms with Crippen molar-refractivity contribution < 1.29 is 90.8 Å². The third-order valence-electron chi connectivity index (χ3n) is 18.9. The number of rotatable bonds is 10. The molecule has 0 aromatic rings. The zero-order chi connectivity index (χ0) is 64.4. The number of Topliss-reactive ketones (excluding diaryl/α,β-unsaturated/α-hetero) is 3. The quantitative estimate of drug-likeness (QED) is 0.0928. The Bertz CT molecular complexity index is 2530. The SMILES string of the molecule is CO[C@H]1C[C@@H]2CC[C@@H](C)[C@@](O)(O2)C(=O)C(=O)N2CCCC[C@H]2C(=O)O[C@H]([C@H](C)C[C@@H]2CC[C@@H](OC(=O)C3(C)COC(C)(C)OC3)[C@H](OC)C2)CC(=O)[C@H](C)/C=C(\C)[C@@H](OC(=O)C2(C)COC(C)(C)OC2)[C@@H](OC)C(=O)[C@H](C)C[C@H](C)/C=C/C=C/C=C/1C. The molecule has 1 N–H and O–H groups in total. The molecule has 6 rings (SSSR count). The normalized spacial score (nSPS) is 37.6. The third-order valence-corrected chi connectivity index (χ3v) is 18.9. The lowest BCUT2D eigenvalue weighted by molar-refractivity contribution is -0.283. The van der Waals surface area contributed by atoms with E-state index in [2.05, 4.69) is 0 Å². The molecule has 0 radical (unpaired) electrons. The van der Waals surface area contributed by atoms with E-state index in [4.69, 9.17) is 52.1 Å². The van der Waals surface area contributed by atoms with E-state index in [1.807, 2.05) is 58.1 Å². The van der Waals surface area contributed by atoms with Gasteiger partial charge in [0.15, 0.2) is 29.6 Å². The molecule has 4 saturated heterocycles. The van der Waals surface area contributed by atoms with Crippen LogP contribution < -0.4 is 0 Å². The minimum absolute atomic E-state index is 0.0194. The molecule has 1 amide bonds. The molecule has 2 bridgehead atoms. The van der Waals surface area contributed by atoms with E-state index in [0.29, 0.717) is 63.4 Å². The van der Waals surface area contributed by atoms with Gasteiger partial charge < -0.3 is 62.1 Å². The van der Waals surface area contributed by atoms with Crippen LogP contribution in [0.1, 0.15) is 167 Å². The fraction of sp³-hybridized carbons (Fsp3) is 0.776. The van der Waals surface area contributed by atoms with Crippen molar-refractivity contribution in [2.24, 2.45) is 46.3 Å². The third kappa shape index (κ3) is 18.4. The van der Waals surface area contributed by atoms with Gasteiger partial charge >= 0.3 is 17.9 Å². The van der Waals surface area contributed by atoms with Gasteiger partial charge in [0.2, 0.25) is 5.79 Å². The highest BCUT2D eigenvalue weighted by Gasteiger charge is 2.54. The fourth-order valence-electron chi connectivity index (χ4n) is 12.6. The Kier molecular flexibility index (Phi) is 25.1. The molecule has 6 aliphatic rings. The Balaban J connectivity index is 1.34. The number of ketones is 3. The minimum atomic E-state index is -2.49. The number of piperidine rings is 1. The maximum atomic E-state index is 14.9. The number of carbonyl (C=O) groups is 7. The molecule has 15 atom stereocenters. The smallest absolute Gasteiger partial charge is 0.329 e. The second-order valence-electron chi connectivity index (χ2n) is 27.4. The van der Waals surface area contributed by atoms with E-state index in [-0.39, 0.29) is 75.6 Å². The van der Waals surface area contributed by atoms with Crippen molar-refractivity contribution in [2.75, 3.05) is 54.3 Å². The summed E-state index contributed by atoms with van der Waals surface area (Å²) in [7, 11) is 4.52. The van der Waals surface area contributed by atoms with Crippen molar-refractivity contribution in [3.8, 4) is 0 Å². The largest absolute Gasteiger partial charge is 0.460 e. The van der Waals surface area contributed by atoms with E-state index in [9.17, 15) is 38.7 Å². The van der Waals surface area contributed by atoms with E-state index in [0.717, 1.165) is 5.57 Å². The number of carbonyl (C=O) groups excluding carboxylic acids is 7. The Morgan fingerprint density at radius 1 is 0.701 bits per heavy atom. The van der Waals surface area contributed by atoms with Crippen LogP contribution in [0.2, 0.25) is 0 Å². The second-order valence-corrected chi connectivity index (χ2v) is 27.4. The zero-order valence-corrected chi connectivity index (χ0v) is 54.8. The van der Waals surface area contributed by atoms with E-state index < -0.39 is 130 Å². The molecule has 5 aliphatic heterocycles. The molecule has 87 heavy (non-hydrogen) atoms. The van der Waals surface area contributed by atoms with Crippen molar-refractivity contribution in [3.63, 3.8) is 0 Å². The molecule has 5 fully saturated rings. The summed E-state index contributed by atoms with van der Waals surface area (Å²) >= 11 is 0. The van der Waals surface area contributed by atoms with Crippen LogP contribution in [0.4, 0.5) is 0 Å². The molecule has 1 saturated carbocycles. The number of hydrogen-bond donors (Lipinski definition) is 1. The molecule has 490 valence electrons. The monoisotopic (exact) mass is 1230 g/mol. The number of ether oxygens (including phenoxy) is 11. The van der Waals surface area contributed by atoms with Crippen LogP contribution in [0.25, 0.3) is 0 Å². The van der Waals surface area contributed by atoms with Gasteiger partial charge in [0.1, 0.15) is 34.9 Å². The van der Waals surface area contributed by atoms with Crippen molar-refractivity contribution in [1.29, 1.82) is 0 Å². The molecule has 0 aromatic heterocycles. The van der Waals surface area contributed by atoms with Crippen LogP contribution in [-0.2, 0) is 85.7 Å². The number of fused-ring (bicyclic) bond motifs is 3. The van der Waals surface area contributed by atoms with Crippen LogP contribution in [0.15, 0.2) is 47.6 Å². The Labute approximate surface area is 516 Å². The number of allylic oxidation sites excluding steroid dienone is 6. The number of cyclic esters (lactones) is 1. The first-order valence-electron chi connectivity index (χ1n) is 31.6. The fourth-order valence-corrected chi connectivity index (χ4v) is 12.6. The van der Waals surface area contributed by atoms with Crippen LogP contribution in [-0.4, -0.2) is 172 Å². The molecular weight excluding hydrogens is 1120 g/mol. The lowest BCUT2D eigenvalue weighted by Gasteiger charge is -2.43. The van der Waals surface area contributed by atoms with Gasteiger partial charge in [-0.3, -0.25) is 28.8 Å². The molecular formula is C67H103NO19. The predicted molar refractivity (Wildman–Crippen MR) is 321 cm³/mol. The highest BCUT2D eigenvalue weighted by Crippen LogP contribution is 2.40. The number of methoxy groups -OCH3 is 3. The van der Waals surface area contributed by atoms with Crippen molar-refractivity contribution >= 4 is 41.2 Å². The van der Waals surface area contributed by atoms with Gasteiger partial charge in [0, 0.05) is 58.5 Å². The maximum absolute atomic E-state index is 14.9. The summed E-state index contributed by atoms with van der Waals surface area (Å²) < 4.78 is 66.4. The Morgan fingerprint density at radius 3 is 1.92 bits per heavy atom. The second kappa shape index (κ2) is 30.5. The van der Waals surface area contributed by atoms with E-state index in [1.165, 1.54) is 12.0 Å². The minimum Gasteiger partial charge on any atom is -0.460 e. The number of aliphatic hydroxyl groups is 1. The van der Waals surface area contributed by atoms with Crippen molar-refractivity contribution in [1.82, 2.24) is 4.90 Å². The standard InChI is InChI=1S/C67H103NO19/c1-40-22-18-17-19-23-41(2)52(77-14)34-48-27-25-46(7)67(76,87-48)58(71)59(72)68-29-21-20-24-49(68)60(73)84-53(43(4)32-47-26-28-51(54(33-47)78-15)85-61(74)65(12)36-80-63(8,9)81-37-65)35-50(69)42(3)31-45(6)56(57(79-16)55(70)44(5)30-40)86-62(75)66(13)38-82-64(10,11)83-39-66/h17-19,22-23,31,40,42-44,46-49,51-54,56-57,76H,20-21,24-30,32-39H2,1-16H3/b19-17+,22-18+,41-23+,45-31+/t40-,42-,43-,44-,46-,47+,48+,49+,51-,52+,53+,54-,56-,57+,67-/m1/s1. The van der Waals surface area contributed by atoms with E-state index in [1.54, 1.807) is 82.6 Å². The molecule has 0 spiro atoms. The van der Waals surface area contributed by atoms with Crippen LogP contribution >= 0.6 is 0 Å². The number of amides is 1. The van der Waals surface area contributed by atoms with Crippen LogP contribution in [0.3, 0.4) is 0 Å². The summed E-state index contributed by atoms with van der Waals surface area (Å²) in [5.41, 5.74) is -1.05. The molecule has 20 nitrogen and oxygen atoms in total. The zero-order valence-electron chi connectivity index (χ0n) is 54.8. The first-order valence-corrected chi connectivity index (χ1v) is 31.6. The lowest BCUT2D eigenvalue weighted by atomic mass is 9.78. The van der Waals surface area contributed by atoms with Crippen LogP contribution in [0, 0.1) is 46.3 Å². The van der Waals surface area contributed by atoms with Crippen LogP contribution in [0.5, 0.6) is 0 Å². The lowest BCUT2D eigenvalue weighted by Crippen LogP contribution is -2.61. The van der Waals surface area contributed by atoms with Crippen molar-refractivity contribution in [3.05, 3.63) is 47.6 Å². The number of esters is 3. The van der Waals surface area contributed by atoms with Gasteiger partial charge in [0.05, 0.1) is 44.7 Å². The number of hydrogen-bond acceptors (Lipinski definition) is 19. The highest BCUT2D eigenvalue weighted by molar-refractivity contribution is 6.39. The molecule has 1 aliphatic carbocycles. The van der Waals surface area contributed by atoms with Gasteiger partial charge in [-0.2, -0.15) is 0 Å². The van der Waals surface area contributed by atoms with Gasteiger partial charge in [-0.1, -0.05) is 71.1 Å². The average molecular weight is 1230 g/mol. The summed E-state index contributed by atoms with van der Waals surface area (Å²) in [4.78, 5) is 103. The summed E-state index contributed by atoms with van der Waals surface area (Å²) in [6.07, 6.45) is 9.88. The Morgan fingerprint density at radius 2 is 1.32 bits per heavy atom. The summed E-state index contributed by atoms with van der Waals surface area (Å²) in [5.74, 6) is -11.9. The van der Waals surface area contributed by atoms with Gasteiger partial charge in [0.25, 0.3) is 11.7 Å². The molecule has 0 aromatic carbocycles. The van der Waals surface area contributed by atoms with Gasteiger partial charge in [-0.05, 0) is 148 Å². The predicted octanol–water partition coefficient (Wildman–Crippen LogP) is 8.86. The maximum Gasteiger partial charge on any atom is 0.329 e. The summed E-state index contributed by atoms with van der Waals surface area (Å²) in [6.45, 7) is 23.4. The molecule has 5 heterocycles. The summed E-state index contributed by atoms with van der Waals surface area (Å²) in [5, 5.41) is 12.2. The first kappa shape index (κ1) is 71.6. The number of nitrogens with zero attached hydrogens (tertiary/aromatic N) is 1. The first-order chi connectivity index (χ1) is 40.8. The topological polar surface area (TPSA) is 244 Å².